The molecule has 34 heavy (non-hydrogen) atoms. The van der Waals surface area contributed by atoms with Gasteiger partial charge in [-0.2, -0.15) is 4.31 Å². The molecule has 3 aliphatic rings. The highest BCUT2D eigenvalue weighted by Gasteiger charge is 2.33. The minimum absolute atomic E-state index is 0.00264. The van der Waals surface area contributed by atoms with E-state index in [0.717, 1.165) is 42.6 Å². The maximum atomic E-state index is 13.5. The fraction of sp³-hybridized carbons (Fsp3) is 0.480. The van der Waals surface area contributed by atoms with Crippen LogP contribution in [0.3, 0.4) is 0 Å². The van der Waals surface area contributed by atoms with Gasteiger partial charge in [-0.1, -0.05) is 18.0 Å². The molecule has 0 N–H and O–H groups in total. The first-order valence-corrected chi connectivity index (χ1v) is 13.7. The number of hydrogen-bond donors (Lipinski definition) is 0. The Morgan fingerprint density at radius 3 is 2.41 bits per heavy atom. The number of piperidine rings is 1. The van der Waals surface area contributed by atoms with Crippen LogP contribution in [0.15, 0.2) is 35.2 Å². The third-order valence-corrected chi connectivity index (χ3v) is 9.30. The molecule has 1 fully saturated rings. The summed E-state index contributed by atoms with van der Waals surface area (Å²) in [6.07, 6.45) is 4.21. The first-order chi connectivity index (χ1) is 16.4. The van der Waals surface area contributed by atoms with E-state index in [2.05, 4.69) is 0 Å². The molecule has 0 spiro atoms. The molecule has 5 rings (SSSR count). The van der Waals surface area contributed by atoms with E-state index in [1.807, 2.05) is 19.1 Å². The molecule has 2 aromatic rings. The van der Waals surface area contributed by atoms with E-state index in [4.69, 9.17) is 21.1 Å². The molecule has 0 aliphatic carbocycles. The minimum atomic E-state index is -3.76. The largest absolute Gasteiger partial charge is 0.490 e. The molecule has 1 amide bonds. The van der Waals surface area contributed by atoms with Crippen molar-refractivity contribution in [1.82, 2.24) is 9.21 Å². The van der Waals surface area contributed by atoms with Gasteiger partial charge in [0, 0.05) is 31.6 Å². The van der Waals surface area contributed by atoms with Crippen molar-refractivity contribution in [2.24, 2.45) is 0 Å². The van der Waals surface area contributed by atoms with Gasteiger partial charge >= 0.3 is 0 Å². The number of sulfonamides is 1. The Kier molecular flexibility index (Phi) is 6.48. The van der Waals surface area contributed by atoms with Crippen LogP contribution in [-0.2, 0) is 16.4 Å². The number of carbonyl (C=O) groups excluding carboxylic acids is 1. The third-order valence-electron chi connectivity index (χ3n) is 6.92. The molecule has 1 atom stereocenters. The van der Waals surface area contributed by atoms with Crippen molar-refractivity contribution in [2.75, 3.05) is 32.8 Å². The summed E-state index contributed by atoms with van der Waals surface area (Å²) in [4.78, 5) is 15.3. The van der Waals surface area contributed by atoms with Crippen molar-refractivity contribution in [2.45, 2.75) is 50.0 Å². The zero-order chi connectivity index (χ0) is 23.9. The molecule has 182 valence electrons. The maximum absolute atomic E-state index is 13.5. The molecule has 0 saturated carbocycles. The van der Waals surface area contributed by atoms with Crippen molar-refractivity contribution < 1.29 is 22.7 Å². The number of fused-ring (bicyclic) bond motifs is 2. The van der Waals surface area contributed by atoms with E-state index >= 15 is 0 Å². The average molecular weight is 505 g/mol. The Hall–Kier alpha value is -2.29. The SMILES string of the molecule is CC1c2cc3c(cc2CCN1C(=O)c1ccc(Cl)c(S(=O)(=O)N2CCCCC2)c1)OCCCO3. The quantitative estimate of drug-likeness (QED) is 0.618. The molecule has 3 aliphatic heterocycles. The van der Waals surface area contributed by atoms with E-state index in [9.17, 15) is 13.2 Å². The Morgan fingerprint density at radius 2 is 1.68 bits per heavy atom. The summed E-state index contributed by atoms with van der Waals surface area (Å²) in [5.41, 5.74) is 2.49. The normalized spacial score (nSPS) is 21.0. The lowest BCUT2D eigenvalue weighted by atomic mass is 9.92. The van der Waals surface area contributed by atoms with Gasteiger partial charge < -0.3 is 14.4 Å². The minimum Gasteiger partial charge on any atom is -0.490 e. The van der Waals surface area contributed by atoms with Crippen molar-refractivity contribution in [3.8, 4) is 11.5 Å². The summed E-state index contributed by atoms with van der Waals surface area (Å²) in [5.74, 6) is 1.25. The number of amides is 1. The second-order valence-electron chi connectivity index (χ2n) is 9.08. The number of hydrogen-bond acceptors (Lipinski definition) is 5. The van der Waals surface area contributed by atoms with Crippen LogP contribution >= 0.6 is 11.6 Å². The highest BCUT2D eigenvalue weighted by Crippen LogP contribution is 2.40. The van der Waals surface area contributed by atoms with Crippen LogP contribution in [0.1, 0.15) is 60.1 Å². The Morgan fingerprint density at radius 1 is 0.971 bits per heavy atom. The number of rotatable bonds is 3. The van der Waals surface area contributed by atoms with Gasteiger partial charge in [0.2, 0.25) is 10.0 Å². The predicted molar refractivity (Wildman–Crippen MR) is 129 cm³/mol. The van der Waals surface area contributed by atoms with E-state index in [1.165, 1.54) is 16.4 Å². The van der Waals surface area contributed by atoms with Crippen molar-refractivity contribution in [3.05, 3.63) is 52.0 Å². The second kappa shape index (κ2) is 9.40. The molecule has 0 radical (unpaired) electrons. The zero-order valence-electron chi connectivity index (χ0n) is 19.3. The lowest BCUT2D eigenvalue weighted by Crippen LogP contribution is -2.39. The lowest BCUT2D eigenvalue weighted by molar-refractivity contribution is 0.0677. The number of benzene rings is 2. The van der Waals surface area contributed by atoms with Crippen molar-refractivity contribution in [3.63, 3.8) is 0 Å². The molecule has 7 nitrogen and oxygen atoms in total. The van der Waals surface area contributed by atoms with E-state index in [0.29, 0.717) is 50.6 Å². The van der Waals surface area contributed by atoms with Crippen LogP contribution in [0.5, 0.6) is 11.5 Å². The summed E-state index contributed by atoms with van der Waals surface area (Å²) < 4.78 is 39.6. The summed E-state index contributed by atoms with van der Waals surface area (Å²) >= 11 is 6.31. The maximum Gasteiger partial charge on any atom is 0.254 e. The molecule has 9 heteroatoms. The van der Waals surface area contributed by atoms with Crippen LogP contribution in [0.4, 0.5) is 0 Å². The van der Waals surface area contributed by atoms with E-state index in [1.54, 1.807) is 11.0 Å². The fourth-order valence-corrected chi connectivity index (χ4v) is 7.01. The molecule has 3 heterocycles. The van der Waals surface area contributed by atoms with Crippen LogP contribution in [0, 0.1) is 0 Å². The smallest absolute Gasteiger partial charge is 0.254 e. The highest BCUT2D eigenvalue weighted by molar-refractivity contribution is 7.89. The zero-order valence-corrected chi connectivity index (χ0v) is 20.8. The van der Waals surface area contributed by atoms with Gasteiger partial charge in [0.1, 0.15) is 4.90 Å². The predicted octanol–water partition coefficient (Wildman–Crippen LogP) is 4.44. The summed E-state index contributed by atoms with van der Waals surface area (Å²) in [5, 5.41) is 0.138. The number of halogens is 1. The molecule has 0 aromatic heterocycles. The molecule has 2 aromatic carbocycles. The molecule has 1 unspecified atom stereocenters. The molecule has 0 bridgehead atoms. The molecular formula is C25H29ClN2O5S. The summed E-state index contributed by atoms with van der Waals surface area (Å²) in [6.45, 7) is 4.71. The fourth-order valence-electron chi connectivity index (χ4n) is 5.00. The van der Waals surface area contributed by atoms with Gasteiger partial charge in [-0.15, -0.1) is 0 Å². The Labute approximate surface area is 205 Å². The average Bonchev–Trinajstić information content (AvgIpc) is 3.08. The lowest BCUT2D eigenvalue weighted by Gasteiger charge is -2.36. The van der Waals surface area contributed by atoms with Crippen molar-refractivity contribution in [1.29, 1.82) is 0 Å². The first kappa shape index (κ1) is 23.5. The van der Waals surface area contributed by atoms with Gasteiger partial charge in [-0.05, 0) is 67.6 Å². The number of ether oxygens (including phenoxy) is 2. The van der Waals surface area contributed by atoms with E-state index < -0.39 is 10.0 Å². The van der Waals surface area contributed by atoms with Crippen molar-refractivity contribution >= 4 is 27.5 Å². The standard InChI is InChI=1S/C25H29ClN2O5S/c1-17-20-16-23-22(32-12-5-13-33-23)14-18(20)8-11-28(17)25(29)19-6-7-21(26)24(15-19)34(30,31)27-9-3-2-4-10-27/h6-7,14-17H,2-5,8-13H2,1H3. The first-order valence-electron chi connectivity index (χ1n) is 11.9. The van der Waals surface area contributed by atoms with Gasteiger partial charge in [0.05, 0.1) is 24.3 Å². The van der Waals surface area contributed by atoms with Gasteiger partial charge in [0.15, 0.2) is 11.5 Å². The topological polar surface area (TPSA) is 76.2 Å². The van der Waals surface area contributed by atoms with Crippen LogP contribution in [-0.4, -0.2) is 56.4 Å². The third kappa shape index (κ3) is 4.27. The number of nitrogens with zero attached hydrogens (tertiary/aromatic N) is 2. The highest BCUT2D eigenvalue weighted by atomic mass is 35.5. The van der Waals surface area contributed by atoms with Crippen LogP contribution < -0.4 is 9.47 Å². The molecule has 1 saturated heterocycles. The van der Waals surface area contributed by atoms with Crippen LogP contribution in [0.25, 0.3) is 0 Å². The summed E-state index contributed by atoms with van der Waals surface area (Å²) in [6, 6.07) is 8.38. The van der Waals surface area contributed by atoms with Gasteiger partial charge in [-0.25, -0.2) is 8.42 Å². The monoisotopic (exact) mass is 504 g/mol. The van der Waals surface area contributed by atoms with Gasteiger partial charge in [-0.3, -0.25) is 4.79 Å². The van der Waals surface area contributed by atoms with Crippen LogP contribution in [0.2, 0.25) is 5.02 Å². The summed E-state index contributed by atoms with van der Waals surface area (Å²) in [7, 11) is -3.76. The Balaban J connectivity index is 1.43. The Bertz CT molecular complexity index is 1210. The van der Waals surface area contributed by atoms with E-state index in [-0.39, 0.29) is 21.9 Å². The molecular weight excluding hydrogens is 476 g/mol. The number of carbonyl (C=O) groups is 1. The second-order valence-corrected chi connectivity index (χ2v) is 11.4. The van der Waals surface area contributed by atoms with Gasteiger partial charge in [0.25, 0.3) is 5.91 Å².